The fourth-order valence-corrected chi connectivity index (χ4v) is 1.64. The number of anilines is 1. The van der Waals surface area contributed by atoms with E-state index in [-0.39, 0.29) is 5.82 Å². The zero-order valence-corrected chi connectivity index (χ0v) is 11.0. The minimum Gasteiger partial charge on any atom is -0.456 e. The molecule has 0 aliphatic carbocycles. The van der Waals surface area contributed by atoms with Crippen molar-refractivity contribution in [3.8, 4) is 0 Å². The summed E-state index contributed by atoms with van der Waals surface area (Å²) in [6.07, 6.45) is 1.56. The van der Waals surface area contributed by atoms with Crippen LogP contribution < -0.4 is 5.73 Å². The summed E-state index contributed by atoms with van der Waals surface area (Å²) in [5.41, 5.74) is 5.44. The first-order chi connectivity index (χ1) is 6.81. The summed E-state index contributed by atoms with van der Waals surface area (Å²) >= 11 is 2.03. The van der Waals surface area contributed by atoms with E-state index in [1.165, 1.54) is 0 Å². The Kier molecular flexibility index (Phi) is 3.54. The normalized spacial score (nSPS) is 11.2. The van der Waals surface area contributed by atoms with Crippen LogP contribution >= 0.6 is 22.6 Å². The quantitative estimate of drug-likeness (QED) is 0.636. The first-order valence-corrected chi connectivity index (χ1v) is 5.52. The van der Waals surface area contributed by atoms with E-state index in [0.717, 1.165) is 3.57 Å². The monoisotopic (exact) mass is 320 g/mol. The highest BCUT2D eigenvalue weighted by atomic mass is 127. The second kappa shape index (κ2) is 4.34. The molecule has 0 fully saturated rings. The molecule has 0 unspecified atom stereocenters. The van der Waals surface area contributed by atoms with Crippen molar-refractivity contribution in [2.24, 2.45) is 0 Å². The maximum Gasteiger partial charge on any atom is 0.343 e. The number of nitrogens with two attached hydrogens (primary N) is 1. The van der Waals surface area contributed by atoms with Crippen molar-refractivity contribution in [1.82, 2.24) is 4.98 Å². The standard InChI is InChI=1S/C10H13IN2O2/c1-10(2,3)15-9(14)7-6(11)4-5-13-8(7)12/h4-5H,1-3H3,(H2,12,13). The number of carbonyl (C=O) groups excluding carboxylic acids is 1. The Morgan fingerprint density at radius 2 is 2.13 bits per heavy atom. The number of halogens is 1. The molecule has 1 heterocycles. The molecule has 2 N–H and O–H groups in total. The highest BCUT2D eigenvalue weighted by Crippen LogP contribution is 2.20. The van der Waals surface area contributed by atoms with Crippen molar-refractivity contribution >= 4 is 34.4 Å². The summed E-state index contributed by atoms with van der Waals surface area (Å²) in [5, 5.41) is 0. The average Bonchev–Trinajstić information content (AvgIpc) is 1.99. The third-order valence-corrected chi connectivity index (χ3v) is 2.43. The maximum atomic E-state index is 11.8. The Bertz CT molecular complexity index is 365. The Morgan fingerprint density at radius 1 is 1.53 bits per heavy atom. The van der Waals surface area contributed by atoms with Crippen LogP contribution in [0.25, 0.3) is 0 Å². The highest BCUT2D eigenvalue weighted by molar-refractivity contribution is 14.1. The smallest absolute Gasteiger partial charge is 0.343 e. The SMILES string of the molecule is CC(C)(C)OC(=O)c1c(I)ccnc1N. The zero-order chi connectivity index (χ0) is 11.6. The van der Waals surface area contributed by atoms with Crippen molar-refractivity contribution in [3.63, 3.8) is 0 Å². The van der Waals surface area contributed by atoms with E-state index in [9.17, 15) is 4.79 Å². The second-order valence-electron chi connectivity index (χ2n) is 4.05. The summed E-state index contributed by atoms with van der Waals surface area (Å²) in [6, 6.07) is 1.72. The molecule has 0 aliphatic heterocycles. The Labute approximate surface area is 102 Å². The number of nitrogens with zero attached hydrogens (tertiary/aromatic N) is 1. The van der Waals surface area contributed by atoms with E-state index in [2.05, 4.69) is 4.98 Å². The number of nitrogen functional groups attached to an aromatic ring is 1. The number of carbonyl (C=O) groups is 1. The van der Waals surface area contributed by atoms with Gasteiger partial charge in [0, 0.05) is 9.77 Å². The molecule has 0 bridgehead atoms. The van der Waals surface area contributed by atoms with Gasteiger partial charge in [0.2, 0.25) is 0 Å². The van der Waals surface area contributed by atoms with Gasteiger partial charge in [-0.2, -0.15) is 0 Å². The minimum atomic E-state index is -0.525. The number of ether oxygens (including phenoxy) is 1. The molecule has 0 atom stereocenters. The second-order valence-corrected chi connectivity index (χ2v) is 5.22. The van der Waals surface area contributed by atoms with Crippen LogP contribution in [0.5, 0.6) is 0 Å². The van der Waals surface area contributed by atoms with Crippen LogP contribution in [0.3, 0.4) is 0 Å². The van der Waals surface area contributed by atoms with E-state index >= 15 is 0 Å². The third kappa shape index (κ3) is 3.33. The van der Waals surface area contributed by atoms with Gasteiger partial charge in [-0.15, -0.1) is 0 Å². The lowest BCUT2D eigenvalue weighted by Gasteiger charge is -2.20. The van der Waals surface area contributed by atoms with Crippen molar-refractivity contribution in [2.45, 2.75) is 26.4 Å². The summed E-state index contributed by atoms with van der Waals surface area (Å²) in [7, 11) is 0. The number of pyridine rings is 1. The number of esters is 1. The van der Waals surface area contributed by atoms with Gasteiger partial charge in [0.1, 0.15) is 17.0 Å². The van der Waals surface area contributed by atoms with Gasteiger partial charge in [-0.1, -0.05) is 0 Å². The van der Waals surface area contributed by atoms with E-state index in [1.807, 2.05) is 43.4 Å². The van der Waals surface area contributed by atoms with Crippen LogP contribution in [-0.4, -0.2) is 16.6 Å². The molecular formula is C10H13IN2O2. The molecule has 82 valence electrons. The van der Waals surface area contributed by atoms with Gasteiger partial charge < -0.3 is 10.5 Å². The molecule has 5 heteroatoms. The largest absolute Gasteiger partial charge is 0.456 e. The summed E-state index contributed by atoms with van der Waals surface area (Å²) in [6.45, 7) is 5.43. The highest BCUT2D eigenvalue weighted by Gasteiger charge is 2.22. The molecule has 4 nitrogen and oxygen atoms in total. The van der Waals surface area contributed by atoms with Crippen LogP contribution in [-0.2, 0) is 4.74 Å². The molecule has 1 aromatic rings. The summed E-state index contributed by atoms with van der Waals surface area (Å²) in [5.74, 6) is -0.228. The number of hydrogen-bond donors (Lipinski definition) is 1. The van der Waals surface area contributed by atoms with Crippen molar-refractivity contribution in [3.05, 3.63) is 21.4 Å². The fourth-order valence-electron chi connectivity index (χ4n) is 0.984. The summed E-state index contributed by atoms with van der Waals surface area (Å²) in [4.78, 5) is 15.6. The molecular weight excluding hydrogens is 307 g/mol. The first kappa shape index (κ1) is 12.2. The average molecular weight is 320 g/mol. The molecule has 0 aromatic carbocycles. The predicted octanol–water partition coefficient (Wildman–Crippen LogP) is 2.22. The van der Waals surface area contributed by atoms with E-state index in [1.54, 1.807) is 12.3 Å². The molecule has 0 saturated carbocycles. The molecule has 0 radical (unpaired) electrons. The van der Waals surface area contributed by atoms with Crippen LogP contribution in [0.15, 0.2) is 12.3 Å². The third-order valence-electron chi connectivity index (χ3n) is 1.53. The topological polar surface area (TPSA) is 65.2 Å². The van der Waals surface area contributed by atoms with Gasteiger partial charge in [-0.25, -0.2) is 9.78 Å². The lowest BCUT2D eigenvalue weighted by Crippen LogP contribution is -2.25. The Hall–Kier alpha value is -0.850. The lowest BCUT2D eigenvalue weighted by atomic mass is 10.2. The van der Waals surface area contributed by atoms with Crippen LogP contribution in [0.1, 0.15) is 31.1 Å². The molecule has 1 aromatic heterocycles. The van der Waals surface area contributed by atoms with Gasteiger partial charge in [-0.3, -0.25) is 0 Å². The van der Waals surface area contributed by atoms with Crippen LogP contribution in [0, 0.1) is 3.57 Å². The van der Waals surface area contributed by atoms with Crippen LogP contribution in [0.4, 0.5) is 5.82 Å². The van der Waals surface area contributed by atoms with Gasteiger partial charge in [0.15, 0.2) is 0 Å². The minimum absolute atomic E-state index is 0.205. The molecule has 0 amide bonds. The van der Waals surface area contributed by atoms with Crippen LogP contribution in [0.2, 0.25) is 0 Å². The zero-order valence-electron chi connectivity index (χ0n) is 8.87. The lowest BCUT2D eigenvalue weighted by molar-refractivity contribution is 0.00693. The van der Waals surface area contributed by atoms with E-state index in [4.69, 9.17) is 10.5 Å². The number of hydrogen-bond acceptors (Lipinski definition) is 4. The molecule has 15 heavy (non-hydrogen) atoms. The molecule has 1 rings (SSSR count). The van der Waals surface area contributed by atoms with Gasteiger partial charge in [0.05, 0.1) is 0 Å². The molecule has 0 spiro atoms. The van der Waals surface area contributed by atoms with Crippen molar-refractivity contribution < 1.29 is 9.53 Å². The van der Waals surface area contributed by atoms with Crippen molar-refractivity contribution in [2.75, 3.05) is 5.73 Å². The number of rotatable bonds is 1. The molecule has 0 aliphatic rings. The first-order valence-electron chi connectivity index (χ1n) is 4.44. The van der Waals surface area contributed by atoms with Crippen molar-refractivity contribution in [1.29, 1.82) is 0 Å². The van der Waals surface area contributed by atoms with E-state index < -0.39 is 11.6 Å². The Morgan fingerprint density at radius 3 is 2.60 bits per heavy atom. The van der Waals surface area contributed by atoms with Gasteiger partial charge in [0.25, 0.3) is 0 Å². The maximum absolute atomic E-state index is 11.8. The predicted molar refractivity (Wildman–Crippen MR) is 66.5 cm³/mol. The summed E-state index contributed by atoms with van der Waals surface area (Å²) < 4.78 is 5.97. The van der Waals surface area contributed by atoms with Gasteiger partial charge in [-0.05, 0) is 49.4 Å². The molecule has 0 saturated heterocycles. The fraction of sp³-hybridized carbons (Fsp3) is 0.400. The van der Waals surface area contributed by atoms with Gasteiger partial charge >= 0.3 is 5.97 Å². The van der Waals surface area contributed by atoms with E-state index in [0.29, 0.717) is 5.56 Å². The Balaban J connectivity index is 3.02. The number of aromatic nitrogens is 1.